The van der Waals surface area contributed by atoms with Crippen molar-refractivity contribution < 1.29 is 0 Å². The number of benzene rings is 1. The van der Waals surface area contributed by atoms with Crippen LogP contribution >= 0.6 is 0 Å². The van der Waals surface area contributed by atoms with Gasteiger partial charge in [0.15, 0.2) is 0 Å². The second-order valence-corrected chi connectivity index (χ2v) is 6.19. The van der Waals surface area contributed by atoms with Crippen LogP contribution in [-0.4, -0.2) is 9.55 Å². The van der Waals surface area contributed by atoms with Gasteiger partial charge in [-0.2, -0.15) is 0 Å². The van der Waals surface area contributed by atoms with Gasteiger partial charge in [0.1, 0.15) is 0 Å². The Kier molecular flexibility index (Phi) is 4.28. The van der Waals surface area contributed by atoms with Crippen LogP contribution in [0.25, 0.3) is 0 Å². The Morgan fingerprint density at radius 1 is 1.14 bits per heavy atom. The molecule has 1 aliphatic carbocycles. The third-order valence-electron chi connectivity index (χ3n) is 4.52. The summed E-state index contributed by atoms with van der Waals surface area (Å²) in [6.45, 7) is 5.09. The monoisotopic (exact) mass is 283 g/mol. The number of nitrogens with one attached hydrogen (secondary N) is 1. The van der Waals surface area contributed by atoms with Crippen molar-refractivity contribution in [2.75, 3.05) is 5.32 Å². The van der Waals surface area contributed by atoms with Gasteiger partial charge >= 0.3 is 0 Å². The number of anilines is 1. The van der Waals surface area contributed by atoms with Crippen molar-refractivity contribution in [3.05, 3.63) is 47.3 Å². The minimum atomic E-state index is 0.624. The fourth-order valence-electron chi connectivity index (χ4n) is 3.27. The van der Waals surface area contributed by atoms with Gasteiger partial charge < -0.3 is 9.88 Å². The van der Waals surface area contributed by atoms with E-state index in [0.717, 1.165) is 18.2 Å². The van der Waals surface area contributed by atoms with E-state index in [1.807, 2.05) is 0 Å². The lowest BCUT2D eigenvalue weighted by Gasteiger charge is -2.24. The third kappa shape index (κ3) is 3.29. The molecule has 1 saturated carbocycles. The fraction of sp³-hybridized carbons (Fsp3) is 0.500. The van der Waals surface area contributed by atoms with E-state index in [1.54, 1.807) is 0 Å². The molecule has 0 amide bonds. The molecule has 1 aromatic heterocycles. The minimum absolute atomic E-state index is 0.624. The van der Waals surface area contributed by atoms with E-state index in [0.29, 0.717) is 6.04 Å². The largest absolute Gasteiger partial charge is 0.352 e. The molecular formula is C18H25N3. The van der Waals surface area contributed by atoms with E-state index in [1.165, 1.54) is 43.2 Å². The van der Waals surface area contributed by atoms with Crippen LogP contribution in [-0.2, 0) is 6.54 Å². The lowest BCUT2D eigenvalue weighted by Crippen LogP contribution is -2.15. The summed E-state index contributed by atoms with van der Waals surface area (Å²) < 4.78 is 2.37. The van der Waals surface area contributed by atoms with Crippen LogP contribution in [0.1, 0.15) is 55.0 Å². The Balaban J connectivity index is 1.74. The van der Waals surface area contributed by atoms with Crippen LogP contribution in [0.3, 0.4) is 0 Å². The van der Waals surface area contributed by atoms with Gasteiger partial charge in [-0.25, -0.2) is 4.98 Å². The van der Waals surface area contributed by atoms with Gasteiger partial charge in [-0.15, -0.1) is 0 Å². The van der Waals surface area contributed by atoms with E-state index in [4.69, 9.17) is 0 Å². The molecule has 0 saturated heterocycles. The molecule has 0 aliphatic heterocycles. The van der Waals surface area contributed by atoms with Crippen molar-refractivity contribution in [3.63, 3.8) is 0 Å². The Bertz CT molecular complexity index is 594. The normalized spacial score (nSPS) is 16.1. The number of imidazole rings is 1. The SMILES string of the molecule is Cc1cn(C2CCCCC2)c(NCc2ccccc2C)n1. The second-order valence-electron chi connectivity index (χ2n) is 6.19. The molecule has 0 radical (unpaired) electrons. The molecule has 1 heterocycles. The van der Waals surface area contributed by atoms with Crippen molar-refractivity contribution in [3.8, 4) is 0 Å². The van der Waals surface area contributed by atoms with Crippen LogP contribution < -0.4 is 5.32 Å². The fourth-order valence-corrected chi connectivity index (χ4v) is 3.27. The topological polar surface area (TPSA) is 29.9 Å². The van der Waals surface area contributed by atoms with Crippen LogP contribution in [0, 0.1) is 13.8 Å². The minimum Gasteiger partial charge on any atom is -0.352 e. The summed E-state index contributed by atoms with van der Waals surface area (Å²) in [5.74, 6) is 1.03. The Morgan fingerprint density at radius 3 is 2.67 bits per heavy atom. The first-order chi connectivity index (χ1) is 10.2. The summed E-state index contributed by atoms with van der Waals surface area (Å²) in [6.07, 6.45) is 8.86. The molecule has 0 spiro atoms. The number of aromatic nitrogens is 2. The molecular weight excluding hydrogens is 258 g/mol. The third-order valence-corrected chi connectivity index (χ3v) is 4.52. The van der Waals surface area contributed by atoms with Crippen LogP contribution in [0.5, 0.6) is 0 Å². The molecule has 1 N–H and O–H groups in total. The molecule has 3 rings (SSSR count). The van der Waals surface area contributed by atoms with Gasteiger partial charge in [0.25, 0.3) is 0 Å². The van der Waals surface area contributed by atoms with Gasteiger partial charge in [-0.3, -0.25) is 0 Å². The van der Waals surface area contributed by atoms with Crippen LogP contribution in [0.15, 0.2) is 30.5 Å². The number of hydrogen-bond donors (Lipinski definition) is 1. The maximum atomic E-state index is 4.68. The highest BCUT2D eigenvalue weighted by Gasteiger charge is 2.18. The number of rotatable bonds is 4. The average molecular weight is 283 g/mol. The molecule has 112 valence electrons. The van der Waals surface area contributed by atoms with Gasteiger partial charge in [0.2, 0.25) is 5.95 Å². The lowest BCUT2D eigenvalue weighted by molar-refractivity contribution is 0.355. The Hall–Kier alpha value is -1.77. The Morgan fingerprint density at radius 2 is 1.90 bits per heavy atom. The number of aryl methyl sites for hydroxylation is 2. The highest BCUT2D eigenvalue weighted by atomic mass is 15.2. The van der Waals surface area contributed by atoms with Gasteiger partial charge in [-0.05, 0) is 37.8 Å². The quantitative estimate of drug-likeness (QED) is 0.887. The molecule has 3 nitrogen and oxygen atoms in total. The van der Waals surface area contributed by atoms with Gasteiger partial charge in [-0.1, -0.05) is 43.5 Å². The molecule has 3 heteroatoms. The Labute approximate surface area is 127 Å². The van der Waals surface area contributed by atoms with Crippen LogP contribution in [0.4, 0.5) is 5.95 Å². The zero-order valence-corrected chi connectivity index (χ0v) is 13.1. The predicted molar refractivity (Wildman–Crippen MR) is 87.6 cm³/mol. The van der Waals surface area contributed by atoms with Gasteiger partial charge in [0.05, 0.1) is 5.69 Å². The molecule has 1 aromatic carbocycles. The van der Waals surface area contributed by atoms with Crippen molar-refractivity contribution in [1.29, 1.82) is 0 Å². The predicted octanol–water partition coefficient (Wildman–Crippen LogP) is 4.62. The summed E-state index contributed by atoms with van der Waals surface area (Å²) in [5, 5.41) is 3.54. The zero-order valence-electron chi connectivity index (χ0n) is 13.1. The van der Waals surface area contributed by atoms with Crippen molar-refractivity contribution >= 4 is 5.95 Å². The van der Waals surface area contributed by atoms with E-state index in [2.05, 4.69) is 59.2 Å². The molecule has 21 heavy (non-hydrogen) atoms. The van der Waals surface area contributed by atoms with Crippen molar-refractivity contribution in [2.45, 2.75) is 58.5 Å². The highest BCUT2D eigenvalue weighted by Crippen LogP contribution is 2.31. The molecule has 0 unspecified atom stereocenters. The smallest absolute Gasteiger partial charge is 0.203 e. The standard InChI is InChI=1S/C18H25N3/c1-14-8-6-7-9-16(14)12-19-18-20-15(2)13-21(18)17-10-4-3-5-11-17/h6-9,13,17H,3-5,10-12H2,1-2H3,(H,19,20). The molecule has 1 fully saturated rings. The van der Waals surface area contributed by atoms with Crippen molar-refractivity contribution in [2.24, 2.45) is 0 Å². The van der Waals surface area contributed by atoms with Gasteiger partial charge in [0, 0.05) is 18.8 Å². The van der Waals surface area contributed by atoms with Crippen molar-refractivity contribution in [1.82, 2.24) is 9.55 Å². The lowest BCUT2D eigenvalue weighted by atomic mass is 9.95. The highest BCUT2D eigenvalue weighted by molar-refractivity contribution is 5.34. The van der Waals surface area contributed by atoms with Crippen LogP contribution in [0.2, 0.25) is 0 Å². The first-order valence-corrected chi connectivity index (χ1v) is 8.08. The summed E-state index contributed by atoms with van der Waals surface area (Å²) in [7, 11) is 0. The maximum Gasteiger partial charge on any atom is 0.203 e. The molecule has 2 aromatic rings. The summed E-state index contributed by atoms with van der Waals surface area (Å²) in [4.78, 5) is 4.68. The summed E-state index contributed by atoms with van der Waals surface area (Å²) >= 11 is 0. The number of hydrogen-bond acceptors (Lipinski definition) is 2. The molecule has 1 aliphatic rings. The number of nitrogens with zero attached hydrogens (tertiary/aromatic N) is 2. The van der Waals surface area contributed by atoms with E-state index < -0.39 is 0 Å². The van der Waals surface area contributed by atoms with E-state index >= 15 is 0 Å². The summed E-state index contributed by atoms with van der Waals surface area (Å²) in [6, 6.07) is 9.16. The zero-order chi connectivity index (χ0) is 14.7. The van der Waals surface area contributed by atoms with E-state index in [-0.39, 0.29) is 0 Å². The first kappa shape index (κ1) is 14.2. The first-order valence-electron chi connectivity index (χ1n) is 8.08. The summed E-state index contributed by atoms with van der Waals surface area (Å²) in [5.41, 5.74) is 3.78. The van der Waals surface area contributed by atoms with E-state index in [9.17, 15) is 0 Å². The molecule has 0 bridgehead atoms. The second kappa shape index (κ2) is 6.33. The average Bonchev–Trinajstić information content (AvgIpc) is 2.88. The molecule has 0 atom stereocenters. The maximum absolute atomic E-state index is 4.68.